The van der Waals surface area contributed by atoms with Crippen molar-refractivity contribution in [2.75, 3.05) is 33.3 Å². The smallest absolute Gasteiger partial charge is 0.256 e. The van der Waals surface area contributed by atoms with Crippen molar-refractivity contribution in [3.05, 3.63) is 41.4 Å². The molecule has 36 heavy (non-hydrogen) atoms. The lowest BCUT2D eigenvalue weighted by Crippen LogP contribution is -2.61. The predicted octanol–water partition coefficient (Wildman–Crippen LogP) is 1.50. The topological polar surface area (TPSA) is 115 Å². The van der Waals surface area contributed by atoms with Crippen molar-refractivity contribution in [3.63, 3.8) is 0 Å². The highest BCUT2D eigenvalue weighted by Crippen LogP contribution is 2.29. The minimum atomic E-state index is -1.52. The lowest BCUT2D eigenvalue weighted by Gasteiger charge is -2.44. The summed E-state index contributed by atoms with van der Waals surface area (Å²) < 4.78 is 19.1. The zero-order valence-corrected chi connectivity index (χ0v) is 21.3. The average molecular weight is 509 g/mol. The van der Waals surface area contributed by atoms with Crippen LogP contribution in [0.5, 0.6) is 5.75 Å². The number of benzene rings is 1. The van der Waals surface area contributed by atoms with Crippen LogP contribution in [0.25, 0.3) is 0 Å². The number of halogens is 1. The molecule has 2 heterocycles. The Bertz CT molecular complexity index is 952. The van der Waals surface area contributed by atoms with Gasteiger partial charge in [-0.3, -0.25) is 19.3 Å². The van der Waals surface area contributed by atoms with Gasteiger partial charge in [0.1, 0.15) is 23.7 Å². The molecule has 3 N–H and O–H groups in total. The highest BCUT2D eigenvalue weighted by Gasteiger charge is 2.41. The highest BCUT2D eigenvalue weighted by atomic mass is 19.1. The third-order valence-corrected chi connectivity index (χ3v) is 6.33. The lowest BCUT2D eigenvalue weighted by molar-refractivity contribution is -0.171. The molecule has 1 aromatic carbocycles. The Morgan fingerprint density at radius 2 is 1.92 bits per heavy atom. The Morgan fingerprint density at radius 1 is 1.22 bits per heavy atom. The molecule has 200 valence electrons. The zero-order chi connectivity index (χ0) is 26.4. The van der Waals surface area contributed by atoms with Gasteiger partial charge in [-0.2, -0.15) is 5.48 Å². The number of hydroxylamine groups is 1. The SMILES string of the molecule is COc1ccc(F)cc1C(O)CN1C=C(CNOC(C)C)C(=O)N(C(C)C(=O)N2CCCCC2)C1O. The monoisotopic (exact) mass is 508 g/mol. The number of hydrogen-bond acceptors (Lipinski definition) is 8. The Hall–Kier alpha value is -2.73. The van der Waals surface area contributed by atoms with E-state index in [0.29, 0.717) is 13.1 Å². The second-order valence-corrected chi connectivity index (χ2v) is 9.36. The van der Waals surface area contributed by atoms with E-state index in [9.17, 15) is 24.2 Å². The van der Waals surface area contributed by atoms with Crippen LogP contribution < -0.4 is 10.2 Å². The fourth-order valence-corrected chi connectivity index (χ4v) is 4.44. The van der Waals surface area contributed by atoms with Crippen LogP contribution in [-0.2, 0) is 14.4 Å². The molecule has 0 bridgehead atoms. The number of β-amino-alcohol motifs (C(OH)–C–C–N with tert-alkyl or cyclic N) is 1. The van der Waals surface area contributed by atoms with Gasteiger partial charge < -0.3 is 24.7 Å². The Morgan fingerprint density at radius 3 is 2.56 bits per heavy atom. The minimum absolute atomic E-state index is 0.0146. The summed E-state index contributed by atoms with van der Waals surface area (Å²) in [6.45, 7) is 6.28. The van der Waals surface area contributed by atoms with Crippen LogP contribution in [0.3, 0.4) is 0 Å². The number of carbonyl (C=O) groups is 2. The standard InChI is InChI=1S/C25H37FN4O6/c1-16(2)36-27-13-18-14-29(15-21(31)20-12-19(26)8-9-22(20)35-4)25(34)30(24(18)33)17(3)23(32)28-10-6-5-7-11-28/h8-9,12,14,16-17,21,25,27,31,34H,5-7,10-11,13,15H2,1-4H3. The zero-order valence-electron chi connectivity index (χ0n) is 21.3. The molecule has 0 aromatic heterocycles. The van der Waals surface area contributed by atoms with Gasteiger partial charge in [0.15, 0.2) is 0 Å². The number of amides is 2. The van der Waals surface area contributed by atoms with E-state index in [1.165, 1.54) is 30.3 Å². The van der Waals surface area contributed by atoms with Crippen LogP contribution in [0.1, 0.15) is 51.7 Å². The van der Waals surface area contributed by atoms with Gasteiger partial charge in [0, 0.05) is 30.4 Å². The first-order valence-electron chi connectivity index (χ1n) is 12.3. The van der Waals surface area contributed by atoms with Gasteiger partial charge >= 0.3 is 0 Å². The number of piperidine rings is 1. The molecule has 11 heteroatoms. The lowest BCUT2D eigenvalue weighted by atomic mass is 10.1. The number of aliphatic hydroxyl groups is 2. The van der Waals surface area contributed by atoms with Crippen LogP contribution in [0, 0.1) is 5.82 Å². The van der Waals surface area contributed by atoms with E-state index in [1.54, 1.807) is 11.8 Å². The molecule has 3 unspecified atom stereocenters. The molecule has 2 aliphatic rings. The molecule has 0 saturated carbocycles. The van der Waals surface area contributed by atoms with E-state index in [-0.39, 0.29) is 42.0 Å². The van der Waals surface area contributed by atoms with Crippen molar-refractivity contribution in [2.24, 2.45) is 0 Å². The van der Waals surface area contributed by atoms with Gasteiger partial charge in [0.2, 0.25) is 12.3 Å². The second-order valence-electron chi connectivity index (χ2n) is 9.36. The van der Waals surface area contributed by atoms with E-state index in [4.69, 9.17) is 9.57 Å². The van der Waals surface area contributed by atoms with Gasteiger partial charge in [-0.1, -0.05) is 0 Å². The molecule has 0 spiro atoms. The number of nitrogens with zero attached hydrogens (tertiary/aromatic N) is 3. The molecule has 2 aliphatic heterocycles. The van der Waals surface area contributed by atoms with Gasteiger partial charge in [-0.05, 0) is 58.2 Å². The van der Waals surface area contributed by atoms with Crippen LogP contribution >= 0.6 is 0 Å². The predicted molar refractivity (Wildman–Crippen MR) is 130 cm³/mol. The van der Waals surface area contributed by atoms with Gasteiger partial charge in [0.05, 0.1) is 26.3 Å². The Labute approximate surface area is 211 Å². The molecule has 0 aliphatic carbocycles. The number of hydrogen-bond donors (Lipinski definition) is 3. The van der Waals surface area contributed by atoms with Crippen LogP contribution in [0.4, 0.5) is 4.39 Å². The molecule has 2 amide bonds. The quantitative estimate of drug-likeness (QED) is 0.408. The average Bonchev–Trinajstić information content (AvgIpc) is 2.86. The van der Waals surface area contributed by atoms with E-state index < -0.39 is 30.2 Å². The number of methoxy groups -OCH3 is 1. The summed E-state index contributed by atoms with van der Waals surface area (Å²) in [6.07, 6.45) is 1.34. The van der Waals surface area contributed by atoms with Crippen LogP contribution in [0.15, 0.2) is 30.0 Å². The number of nitrogens with one attached hydrogen (secondary N) is 1. The number of ether oxygens (including phenoxy) is 1. The molecule has 3 rings (SSSR count). The van der Waals surface area contributed by atoms with Gasteiger partial charge in [-0.15, -0.1) is 0 Å². The van der Waals surface area contributed by atoms with Crippen molar-refractivity contribution in [1.29, 1.82) is 0 Å². The van der Waals surface area contributed by atoms with Crippen molar-refractivity contribution < 1.29 is 33.8 Å². The Balaban J connectivity index is 1.87. The number of likely N-dealkylation sites (tertiary alicyclic amines) is 1. The summed E-state index contributed by atoms with van der Waals surface area (Å²) in [5, 5.41) is 22.1. The van der Waals surface area contributed by atoms with E-state index in [1.807, 2.05) is 13.8 Å². The summed E-state index contributed by atoms with van der Waals surface area (Å²) in [5.74, 6) is -1.03. The van der Waals surface area contributed by atoms with E-state index in [0.717, 1.165) is 30.2 Å². The number of carbonyl (C=O) groups excluding carboxylic acids is 2. The first-order chi connectivity index (χ1) is 17.1. The first kappa shape index (κ1) is 27.9. The maximum Gasteiger partial charge on any atom is 0.256 e. The fraction of sp³-hybridized carbons (Fsp3) is 0.600. The second kappa shape index (κ2) is 12.5. The van der Waals surface area contributed by atoms with Crippen molar-refractivity contribution in [1.82, 2.24) is 20.2 Å². The summed E-state index contributed by atoms with van der Waals surface area (Å²) >= 11 is 0. The normalized spacial score (nSPS) is 20.4. The number of aliphatic hydroxyl groups excluding tert-OH is 2. The van der Waals surface area contributed by atoms with Crippen molar-refractivity contribution >= 4 is 11.8 Å². The third-order valence-electron chi connectivity index (χ3n) is 6.33. The molecule has 1 aromatic rings. The van der Waals surface area contributed by atoms with E-state index in [2.05, 4.69) is 5.48 Å². The molecule has 10 nitrogen and oxygen atoms in total. The maximum absolute atomic E-state index is 13.9. The molecule has 3 atom stereocenters. The van der Waals surface area contributed by atoms with Gasteiger partial charge in [-0.25, -0.2) is 4.39 Å². The van der Waals surface area contributed by atoms with E-state index >= 15 is 0 Å². The molecular formula is C25H37FN4O6. The minimum Gasteiger partial charge on any atom is -0.496 e. The molecular weight excluding hydrogens is 471 g/mol. The molecule has 0 radical (unpaired) electrons. The number of rotatable bonds is 10. The van der Waals surface area contributed by atoms with Crippen molar-refractivity contribution in [2.45, 2.75) is 64.6 Å². The van der Waals surface area contributed by atoms with Crippen molar-refractivity contribution in [3.8, 4) is 5.75 Å². The maximum atomic E-state index is 13.9. The largest absolute Gasteiger partial charge is 0.496 e. The molecule has 1 fully saturated rings. The summed E-state index contributed by atoms with van der Waals surface area (Å²) in [4.78, 5) is 36.1. The van der Waals surface area contributed by atoms with Crippen LogP contribution in [0.2, 0.25) is 0 Å². The first-order valence-corrected chi connectivity index (χ1v) is 12.3. The molecule has 1 saturated heterocycles. The highest BCUT2D eigenvalue weighted by molar-refractivity contribution is 5.98. The summed E-state index contributed by atoms with van der Waals surface area (Å²) in [5.41, 5.74) is 3.16. The van der Waals surface area contributed by atoms with Gasteiger partial charge in [0.25, 0.3) is 5.91 Å². The third kappa shape index (κ3) is 6.52. The summed E-state index contributed by atoms with van der Waals surface area (Å²) in [7, 11) is 1.41. The summed E-state index contributed by atoms with van der Waals surface area (Å²) in [6, 6.07) is 2.85. The van der Waals surface area contributed by atoms with Crippen LogP contribution in [-0.4, -0.2) is 88.5 Å². The Kier molecular flexibility index (Phi) is 9.66. The fourth-order valence-electron chi connectivity index (χ4n) is 4.44.